The van der Waals surface area contributed by atoms with Crippen LogP contribution in [0, 0.1) is 5.41 Å². The van der Waals surface area contributed by atoms with E-state index in [4.69, 9.17) is 33.3 Å². The lowest BCUT2D eigenvalue weighted by molar-refractivity contribution is -0.588. The van der Waals surface area contributed by atoms with Crippen LogP contribution in [0.4, 0.5) is 5.69 Å². The summed E-state index contributed by atoms with van der Waals surface area (Å²) in [6.45, 7) is 3.32. The number of hydrogen-bond donors (Lipinski definition) is 3. The number of likely N-dealkylation sites (tertiary alicyclic amines) is 1. The molecule has 2 aromatic rings. The first-order chi connectivity index (χ1) is 14.1. The summed E-state index contributed by atoms with van der Waals surface area (Å²) in [5, 5.41) is 21.1. The molecule has 1 fully saturated rings. The van der Waals surface area contributed by atoms with Crippen molar-refractivity contribution in [3.63, 3.8) is 0 Å². The van der Waals surface area contributed by atoms with E-state index in [-0.39, 0.29) is 18.5 Å². The molecular formula is C22H28Cl2N3O2+. The Bertz CT molecular complexity index is 814. The van der Waals surface area contributed by atoms with E-state index in [1.807, 2.05) is 36.4 Å². The number of nitrogens with two attached hydrogens (primary N) is 1. The van der Waals surface area contributed by atoms with E-state index in [1.165, 1.54) is 0 Å². The van der Waals surface area contributed by atoms with Gasteiger partial charge in [-0.1, -0.05) is 35.3 Å². The maximum atomic E-state index is 9.40. The van der Waals surface area contributed by atoms with Gasteiger partial charge in [0.2, 0.25) is 5.90 Å². The van der Waals surface area contributed by atoms with Gasteiger partial charge in [0.1, 0.15) is 12.2 Å². The Morgan fingerprint density at radius 1 is 1.17 bits per heavy atom. The highest BCUT2D eigenvalue weighted by atomic mass is 35.5. The van der Waals surface area contributed by atoms with Gasteiger partial charge in [-0.3, -0.25) is 10.3 Å². The number of rotatable bonds is 9. The molecule has 1 aliphatic rings. The summed E-state index contributed by atoms with van der Waals surface area (Å²) >= 11 is 12.1. The average molecular weight is 437 g/mol. The summed E-state index contributed by atoms with van der Waals surface area (Å²) in [6.07, 6.45) is 3.02. The molecule has 1 atom stereocenters. The molecular weight excluding hydrogens is 409 g/mol. The Hall–Kier alpha value is -1.63. The molecule has 0 spiro atoms. The third-order valence-corrected chi connectivity index (χ3v) is 5.76. The minimum atomic E-state index is 0.134. The van der Waals surface area contributed by atoms with Crippen molar-refractivity contribution < 1.29 is 15.2 Å². The second-order valence-corrected chi connectivity index (χ2v) is 8.18. The van der Waals surface area contributed by atoms with E-state index in [1.54, 1.807) is 6.07 Å². The first-order valence-corrected chi connectivity index (χ1v) is 10.8. The molecule has 0 aromatic heterocycles. The Labute approximate surface area is 182 Å². The van der Waals surface area contributed by atoms with Crippen molar-refractivity contribution in [2.24, 2.45) is 0 Å². The Balaban J connectivity index is 1.53. The summed E-state index contributed by atoms with van der Waals surface area (Å²) < 4.78 is 5.72. The third kappa shape index (κ3) is 6.43. The number of benzene rings is 2. The lowest BCUT2D eigenvalue weighted by Gasteiger charge is -2.22. The molecule has 2 aromatic carbocycles. The second-order valence-electron chi connectivity index (χ2n) is 7.31. The Morgan fingerprint density at radius 2 is 1.93 bits per heavy atom. The van der Waals surface area contributed by atoms with E-state index in [0.717, 1.165) is 55.2 Å². The van der Waals surface area contributed by atoms with Crippen LogP contribution in [0.15, 0.2) is 42.5 Å². The summed E-state index contributed by atoms with van der Waals surface area (Å²) in [4.78, 5) is 2.30. The summed E-state index contributed by atoms with van der Waals surface area (Å²) in [5.74, 6) is 0.134. The molecule has 3 rings (SSSR count). The Morgan fingerprint density at radius 3 is 2.69 bits per heavy atom. The topological polar surface area (TPSA) is 73.2 Å². The SMILES string of the molecule is N=C(OCCCN1CCC[C@H]1CO)c1cc(Cl)ccc1[NH2+]Cc1ccc(Cl)cc1. The molecule has 0 amide bonds. The van der Waals surface area contributed by atoms with Gasteiger partial charge in [0.05, 0.1) is 18.8 Å². The highest BCUT2D eigenvalue weighted by Crippen LogP contribution is 2.19. The van der Waals surface area contributed by atoms with Gasteiger partial charge in [-0.2, -0.15) is 0 Å². The lowest BCUT2D eigenvalue weighted by atomic mass is 10.1. The molecule has 0 bridgehead atoms. The summed E-state index contributed by atoms with van der Waals surface area (Å²) in [5.41, 5.74) is 2.77. The van der Waals surface area contributed by atoms with Gasteiger partial charge >= 0.3 is 0 Å². The van der Waals surface area contributed by atoms with Crippen LogP contribution in [0.25, 0.3) is 0 Å². The zero-order chi connectivity index (χ0) is 20.6. The van der Waals surface area contributed by atoms with Crippen LogP contribution in [-0.4, -0.2) is 48.2 Å². The molecule has 29 heavy (non-hydrogen) atoms. The first kappa shape index (κ1) is 22.1. The number of hydrogen-bond acceptors (Lipinski definition) is 4. The molecule has 1 aliphatic heterocycles. The van der Waals surface area contributed by atoms with Crippen LogP contribution in [-0.2, 0) is 11.3 Å². The number of aliphatic hydroxyl groups excluding tert-OH is 1. The molecule has 4 N–H and O–H groups in total. The second kappa shape index (κ2) is 11.0. The van der Waals surface area contributed by atoms with E-state index in [0.29, 0.717) is 17.2 Å². The summed E-state index contributed by atoms with van der Waals surface area (Å²) in [6, 6.07) is 13.5. The predicted molar refractivity (Wildman–Crippen MR) is 117 cm³/mol. The maximum absolute atomic E-state index is 9.40. The van der Waals surface area contributed by atoms with Gasteiger partial charge in [0, 0.05) is 34.3 Å². The predicted octanol–water partition coefficient (Wildman–Crippen LogP) is 3.58. The van der Waals surface area contributed by atoms with Crippen molar-refractivity contribution in [2.75, 3.05) is 26.3 Å². The van der Waals surface area contributed by atoms with Crippen LogP contribution in [0.2, 0.25) is 10.0 Å². The molecule has 1 heterocycles. The van der Waals surface area contributed by atoms with Gasteiger partial charge in [-0.15, -0.1) is 0 Å². The molecule has 0 saturated carbocycles. The molecule has 0 radical (unpaired) electrons. The molecule has 1 saturated heterocycles. The smallest absolute Gasteiger partial charge is 0.219 e. The fraction of sp³-hybridized carbons (Fsp3) is 0.409. The number of quaternary nitrogens is 1. The number of halogens is 2. The van der Waals surface area contributed by atoms with Gasteiger partial charge in [0.15, 0.2) is 0 Å². The summed E-state index contributed by atoms with van der Waals surface area (Å²) in [7, 11) is 0. The monoisotopic (exact) mass is 436 g/mol. The first-order valence-electron chi connectivity index (χ1n) is 10.0. The van der Waals surface area contributed by atoms with Crippen LogP contribution >= 0.6 is 23.2 Å². The lowest BCUT2D eigenvalue weighted by Crippen LogP contribution is -2.76. The van der Waals surface area contributed by atoms with Gasteiger partial charge in [-0.05, 0) is 50.1 Å². The molecule has 7 heteroatoms. The number of aliphatic hydroxyl groups is 1. The largest absolute Gasteiger partial charge is 0.477 e. The zero-order valence-corrected chi connectivity index (χ0v) is 17.9. The van der Waals surface area contributed by atoms with Gasteiger partial charge < -0.3 is 15.2 Å². The van der Waals surface area contributed by atoms with Crippen LogP contribution in [0.3, 0.4) is 0 Å². The number of ether oxygens (including phenoxy) is 1. The number of nitrogens with zero attached hydrogens (tertiary/aromatic N) is 1. The van der Waals surface area contributed by atoms with Crippen LogP contribution < -0.4 is 5.32 Å². The average Bonchev–Trinajstić information content (AvgIpc) is 3.19. The highest BCUT2D eigenvalue weighted by molar-refractivity contribution is 6.31. The minimum absolute atomic E-state index is 0.134. The standard InChI is InChI=1S/C22H27Cl2N3O2/c23-17-6-4-16(5-7-17)14-26-21-9-8-18(24)13-20(21)22(25)29-12-2-11-27-10-1-3-19(27)15-28/h4-9,13,19,25-26,28H,1-3,10-12,14-15H2/p+1/t19-/m0/s1. The third-order valence-electron chi connectivity index (χ3n) is 5.28. The Kier molecular flexibility index (Phi) is 8.33. The van der Waals surface area contributed by atoms with E-state index in [2.05, 4.69) is 10.2 Å². The fourth-order valence-electron chi connectivity index (χ4n) is 3.67. The van der Waals surface area contributed by atoms with Crippen LogP contribution in [0.1, 0.15) is 30.4 Å². The number of nitrogens with one attached hydrogen (secondary N) is 1. The van der Waals surface area contributed by atoms with Gasteiger partial charge in [-0.25, -0.2) is 0 Å². The van der Waals surface area contributed by atoms with Crippen molar-refractivity contribution in [2.45, 2.75) is 31.8 Å². The van der Waals surface area contributed by atoms with Crippen molar-refractivity contribution in [3.8, 4) is 0 Å². The minimum Gasteiger partial charge on any atom is -0.477 e. The van der Waals surface area contributed by atoms with E-state index < -0.39 is 0 Å². The van der Waals surface area contributed by atoms with Crippen molar-refractivity contribution >= 4 is 34.8 Å². The highest BCUT2D eigenvalue weighted by Gasteiger charge is 2.23. The molecule has 156 valence electrons. The quantitative estimate of drug-likeness (QED) is 0.243. The fourth-order valence-corrected chi connectivity index (χ4v) is 3.97. The zero-order valence-electron chi connectivity index (χ0n) is 16.4. The maximum Gasteiger partial charge on any atom is 0.219 e. The van der Waals surface area contributed by atoms with E-state index >= 15 is 0 Å². The normalized spacial score (nSPS) is 16.9. The van der Waals surface area contributed by atoms with Crippen molar-refractivity contribution in [3.05, 3.63) is 63.6 Å². The van der Waals surface area contributed by atoms with Crippen molar-refractivity contribution in [1.29, 1.82) is 5.41 Å². The van der Waals surface area contributed by atoms with Crippen LogP contribution in [0.5, 0.6) is 0 Å². The molecule has 5 nitrogen and oxygen atoms in total. The van der Waals surface area contributed by atoms with E-state index in [9.17, 15) is 5.11 Å². The molecule has 0 unspecified atom stereocenters. The van der Waals surface area contributed by atoms with Crippen molar-refractivity contribution in [1.82, 2.24) is 4.90 Å². The molecule has 0 aliphatic carbocycles. The van der Waals surface area contributed by atoms with Gasteiger partial charge in [0.25, 0.3) is 0 Å².